The van der Waals surface area contributed by atoms with Crippen LogP contribution in [0.4, 0.5) is 10.3 Å². The summed E-state index contributed by atoms with van der Waals surface area (Å²) in [6.45, 7) is 3.20. The third-order valence-corrected chi connectivity index (χ3v) is 4.45. The molecule has 1 amide bonds. The molecule has 1 aliphatic heterocycles. The fraction of sp³-hybridized carbons (Fsp3) is 0.353. The highest BCUT2D eigenvalue weighted by molar-refractivity contribution is 6.32. The monoisotopic (exact) mass is 380 g/mol. The van der Waals surface area contributed by atoms with Crippen molar-refractivity contribution in [3.63, 3.8) is 0 Å². The number of ether oxygens (including phenoxy) is 1. The predicted molar refractivity (Wildman–Crippen MR) is 95.3 cm³/mol. The number of amides is 1. The number of carbonyl (C=O) groups excluding carboxylic acids is 1. The Bertz CT molecular complexity index is 865. The second-order valence-electron chi connectivity index (χ2n) is 5.88. The first kappa shape index (κ1) is 18.2. The van der Waals surface area contributed by atoms with Crippen molar-refractivity contribution < 1.29 is 13.9 Å². The van der Waals surface area contributed by atoms with Gasteiger partial charge in [-0.1, -0.05) is 23.7 Å². The molecule has 0 saturated carbocycles. The number of aromatic amines is 1. The molecule has 138 valence electrons. The summed E-state index contributed by atoms with van der Waals surface area (Å²) in [5.41, 5.74) is -0.741. The van der Waals surface area contributed by atoms with Gasteiger partial charge in [0.1, 0.15) is 5.75 Å². The second kappa shape index (κ2) is 7.74. The lowest BCUT2D eigenvalue weighted by Gasteiger charge is -2.35. The number of benzene rings is 1. The number of aryl methyl sites for hydroxylation is 1. The molecule has 1 saturated heterocycles. The van der Waals surface area contributed by atoms with Crippen LogP contribution in [0.2, 0.25) is 5.02 Å². The lowest BCUT2D eigenvalue weighted by atomic mass is 10.3. The zero-order chi connectivity index (χ0) is 18.7. The summed E-state index contributed by atoms with van der Waals surface area (Å²) in [7, 11) is 0. The molecule has 1 N–H and O–H groups in total. The zero-order valence-corrected chi connectivity index (χ0v) is 14.9. The van der Waals surface area contributed by atoms with Crippen LogP contribution in [0.25, 0.3) is 0 Å². The smallest absolute Gasteiger partial charge is 0.288 e. The summed E-state index contributed by atoms with van der Waals surface area (Å²) < 4.78 is 18.9. The SMILES string of the molecule is Cc1nc(N2CCN(C(=O)COc3ccccc3Cl)CC2)[nH]c(=O)c1F. The van der Waals surface area contributed by atoms with E-state index in [9.17, 15) is 14.0 Å². The van der Waals surface area contributed by atoms with Crippen LogP contribution in [-0.2, 0) is 4.79 Å². The Morgan fingerprint density at radius 2 is 2.00 bits per heavy atom. The molecule has 1 aromatic heterocycles. The molecule has 0 unspecified atom stereocenters. The van der Waals surface area contributed by atoms with E-state index >= 15 is 0 Å². The summed E-state index contributed by atoms with van der Waals surface area (Å²) in [6.07, 6.45) is 0. The molecule has 9 heteroatoms. The Hall–Kier alpha value is -2.61. The summed E-state index contributed by atoms with van der Waals surface area (Å²) in [4.78, 5) is 33.8. The average molecular weight is 381 g/mol. The van der Waals surface area contributed by atoms with Gasteiger partial charge in [-0.05, 0) is 19.1 Å². The van der Waals surface area contributed by atoms with Crippen LogP contribution >= 0.6 is 11.6 Å². The number of carbonyl (C=O) groups is 1. The van der Waals surface area contributed by atoms with Crippen LogP contribution in [0, 0.1) is 12.7 Å². The molecule has 0 bridgehead atoms. The second-order valence-corrected chi connectivity index (χ2v) is 6.28. The largest absolute Gasteiger partial charge is 0.482 e. The summed E-state index contributed by atoms with van der Waals surface area (Å²) in [5.74, 6) is -0.251. The molecule has 0 aliphatic carbocycles. The number of rotatable bonds is 4. The minimum absolute atomic E-state index is 0.0513. The molecule has 7 nitrogen and oxygen atoms in total. The third kappa shape index (κ3) is 3.96. The van der Waals surface area contributed by atoms with E-state index in [1.807, 2.05) is 4.90 Å². The highest BCUT2D eigenvalue weighted by atomic mass is 35.5. The van der Waals surface area contributed by atoms with Crippen LogP contribution in [0.15, 0.2) is 29.1 Å². The molecule has 3 rings (SSSR count). The van der Waals surface area contributed by atoms with Crippen LogP contribution in [0.1, 0.15) is 5.69 Å². The van der Waals surface area contributed by atoms with Gasteiger partial charge in [0.15, 0.2) is 6.61 Å². The predicted octanol–water partition coefficient (Wildman–Crippen LogP) is 1.60. The fourth-order valence-corrected chi connectivity index (χ4v) is 2.86. The van der Waals surface area contributed by atoms with Gasteiger partial charge in [0.25, 0.3) is 11.5 Å². The van der Waals surface area contributed by atoms with Crippen LogP contribution in [-0.4, -0.2) is 53.6 Å². The van der Waals surface area contributed by atoms with Gasteiger partial charge in [-0.15, -0.1) is 0 Å². The number of aromatic nitrogens is 2. The van der Waals surface area contributed by atoms with Crippen LogP contribution in [0.3, 0.4) is 0 Å². The molecular formula is C17H18ClFN4O3. The maximum absolute atomic E-state index is 13.4. The number of hydrogen-bond donors (Lipinski definition) is 1. The van der Waals surface area contributed by atoms with E-state index < -0.39 is 11.4 Å². The maximum Gasteiger partial charge on any atom is 0.288 e. The van der Waals surface area contributed by atoms with Crippen molar-refractivity contribution >= 4 is 23.5 Å². The number of piperazine rings is 1. The highest BCUT2D eigenvalue weighted by Crippen LogP contribution is 2.23. The molecule has 1 fully saturated rings. The standard InChI is InChI=1S/C17H18ClFN4O3/c1-11-15(19)16(25)21-17(20-11)23-8-6-22(7-9-23)14(24)10-26-13-5-3-2-4-12(13)18/h2-5H,6-10H2,1H3,(H,20,21,25). The number of para-hydroxylation sites is 1. The Morgan fingerprint density at radius 1 is 1.31 bits per heavy atom. The van der Waals surface area contributed by atoms with Crippen molar-refractivity contribution in [3.05, 3.63) is 51.2 Å². The minimum Gasteiger partial charge on any atom is -0.482 e. The Labute approximate surface area is 154 Å². The summed E-state index contributed by atoms with van der Waals surface area (Å²) in [5, 5.41) is 0.451. The van der Waals surface area contributed by atoms with E-state index in [2.05, 4.69) is 9.97 Å². The van der Waals surface area contributed by atoms with Gasteiger partial charge in [-0.2, -0.15) is 4.39 Å². The molecule has 1 aromatic carbocycles. The van der Waals surface area contributed by atoms with Gasteiger partial charge in [-0.3, -0.25) is 14.6 Å². The van der Waals surface area contributed by atoms with Crippen molar-refractivity contribution in [1.29, 1.82) is 0 Å². The van der Waals surface area contributed by atoms with Gasteiger partial charge in [0.2, 0.25) is 11.8 Å². The van der Waals surface area contributed by atoms with Crippen LogP contribution < -0.4 is 15.2 Å². The molecule has 0 atom stereocenters. The topological polar surface area (TPSA) is 78.5 Å². The number of anilines is 1. The Kier molecular flexibility index (Phi) is 5.41. The molecule has 2 heterocycles. The molecule has 26 heavy (non-hydrogen) atoms. The van der Waals surface area contributed by atoms with Gasteiger partial charge in [0.05, 0.1) is 10.7 Å². The maximum atomic E-state index is 13.4. The third-order valence-electron chi connectivity index (χ3n) is 4.14. The molecule has 2 aromatic rings. The van der Waals surface area contributed by atoms with E-state index in [0.717, 1.165) is 0 Å². The normalized spacial score (nSPS) is 14.4. The number of hydrogen-bond acceptors (Lipinski definition) is 5. The Morgan fingerprint density at radius 3 is 2.65 bits per heavy atom. The fourth-order valence-electron chi connectivity index (χ4n) is 2.67. The molecule has 1 aliphatic rings. The first-order chi connectivity index (χ1) is 12.5. The van der Waals surface area contributed by atoms with Crippen molar-refractivity contribution in [1.82, 2.24) is 14.9 Å². The number of halogens is 2. The Balaban J connectivity index is 1.56. The van der Waals surface area contributed by atoms with Crippen LogP contribution in [0.5, 0.6) is 5.75 Å². The molecule has 0 radical (unpaired) electrons. The number of nitrogens with zero attached hydrogens (tertiary/aromatic N) is 3. The quantitative estimate of drug-likeness (QED) is 0.871. The van der Waals surface area contributed by atoms with Crippen molar-refractivity contribution in [2.24, 2.45) is 0 Å². The van der Waals surface area contributed by atoms with Gasteiger partial charge in [-0.25, -0.2) is 4.98 Å². The molecular weight excluding hydrogens is 363 g/mol. The summed E-state index contributed by atoms with van der Waals surface area (Å²) in [6, 6.07) is 6.96. The molecule has 0 spiro atoms. The van der Waals surface area contributed by atoms with Gasteiger partial charge in [0, 0.05) is 26.2 Å². The first-order valence-corrected chi connectivity index (χ1v) is 8.50. The van der Waals surface area contributed by atoms with Crippen molar-refractivity contribution in [3.8, 4) is 5.75 Å². The van der Waals surface area contributed by atoms with Crippen molar-refractivity contribution in [2.45, 2.75) is 6.92 Å². The van der Waals surface area contributed by atoms with E-state index in [0.29, 0.717) is 42.9 Å². The van der Waals surface area contributed by atoms with E-state index in [-0.39, 0.29) is 18.2 Å². The first-order valence-electron chi connectivity index (χ1n) is 8.12. The highest BCUT2D eigenvalue weighted by Gasteiger charge is 2.23. The average Bonchev–Trinajstić information content (AvgIpc) is 2.65. The zero-order valence-electron chi connectivity index (χ0n) is 14.2. The lowest BCUT2D eigenvalue weighted by molar-refractivity contribution is -0.133. The minimum atomic E-state index is -0.876. The number of nitrogens with one attached hydrogen (secondary N) is 1. The van der Waals surface area contributed by atoms with Gasteiger partial charge >= 0.3 is 0 Å². The van der Waals surface area contributed by atoms with E-state index in [1.165, 1.54) is 6.92 Å². The van der Waals surface area contributed by atoms with E-state index in [1.54, 1.807) is 29.2 Å². The summed E-state index contributed by atoms with van der Waals surface area (Å²) >= 11 is 6.00. The van der Waals surface area contributed by atoms with Gasteiger partial charge < -0.3 is 14.5 Å². The van der Waals surface area contributed by atoms with E-state index in [4.69, 9.17) is 16.3 Å². The lowest BCUT2D eigenvalue weighted by Crippen LogP contribution is -2.50. The number of H-pyrrole nitrogens is 1. The van der Waals surface area contributed by atoms with Crippen molar-refractivity contribution in [2.75, 3.05) is 37.7 Å².